The molecule has 0 saturated heterocycles. The topological polar surface area (TPSA) is 118 Å². The second kappa shape index (κ2) is 13.9. The van der Waals surface area contributed by atoms with Gasteiger partial charge in [-0.05, 0) is 36.4 Å². The summed E-state index contributed by atoms with van der Waals surface area (Å²) in [5.74, 6) is -0.0765. The molecule has 4 aromatic rings. The molecule has 2 N–H and O–H groups in total. The van der Waals surface area contributed by atoms with Crippen molar-refractivity contribution in [2.45, 2.75) is 0 Å². The van der Waals surface area contributed by atoms with Gasteiger partial charge in [-0.1, -0.05) is 36.4 Å². The van der Waals surface area contributed by atoms with Gasteiger partial charge in [-0.25, -0.2) is 9.59 Å². The molecule has 6 rings (SSSR count). The summed E-state index contributed by atoms with van der Waals surface area (Å²) < 4.78 is 3.99. The highest BCUT2D eigenvalue weighted by atomic mass is 16.7. The standard InChI is InChI=1S/C34H36N8O4/c1-39-21-7-13-27(39)25-9-3-5-11-29(25)41(23-31-35-17-18-36-31)45-33(43)15-16-34(44)46-42(24-32-37-19-20-38-32)30-12-6-4-10-26(30)28-14-8-22-40(28)2/h3-16,21-22H,17-20,23-24H2,1-2H3,(H,35,36)(H,37,38)/b16-15+. The van der Waals surface area contributed by atoms with E-state index >= 15 is 0 Å². The predicted molar refractivity (Wildman–Crippen MR) is 178 cm³/mol. The molecule has 0 radical (unpaired) electrons. The Morgan fingerprint density at radius 1 is 0.696 bits per heavy atom. The molecule has 0 atom stereocenters. The maximum Gasteiger partial charge on any atom is 0.356 e. The van der Waals surface area contributed by atoms with Gasteiger partial charge < -0.3 is 29.4 Å². The maximum atomic E-state index is 13.2. The Labute approximate surface area is 267 Å². The van der Waals surface area contributed by atoms with E-state index in [1.165, 1.54) is 10.1 Å². The fourth-order valence-corrected chi connectivity index (χ4v) is 5.42. The zero-order valence-electron chi connectivity index (χ0n) is 25.8. The summed E-state index contributed by atoms with van der Waals surface area (Å²) in [6.07, 6.45) is 6.04. The number of hydroxylamine groups is 2. The van der Waals surface area contributed by atoms with E-state index in [1.54, 1.807) is 0 Å². The smallest absolute Gasteiger partial charge is 0.356 e. The van der Waals surface area contributed by atoms with Crippen LogP contribution in [0.15, 0.2) is 107 Å². The van der Waals surface area contributed by atoms with E-state index in [0.29, 0.717) is 49.2 Å². The van der Waals surface area contributed by atoms with E-state index < -0.39 is 11.9 Å². The molecule has 12 nitrogen and oxygen atoms in total. The molecule has 12 heteroatoms. The molecule has 0 amide bonds. The van der Waals surface area contributed by atoms with Crippen LogP contribution < -0.4 is 20.8 Å². The van der Waals surface area contributed by atoms with Crippen LogP contribution in [-0.2, 0) is 33.4 Å². The van der Waals surface area contributed by atoms with Crippen molar-refractivity contribution in [1.29, 1.82) is 0 Å². The molecule has 46 heavy (non-hydrogen) atoms. The third-order valence-corrected chi connectivity index (χ3v) is 7.61. The average molecular weight is 621 g/mol. The van der Waals surface area contributed by atoms with Gasteiger partial charge in [0.15, 0.2) is 0 Å². The summed E-state index contributed by atoms with van der Waals surface area (Å²) >= 11 is 0. The van der Waals surface area contributed by atoms with E-state index in [1.807, 2.05) is 108 Å². The largest absolute Gasteiger partial charge is 0.370 e. The van der Waals surface area contributed by atoms with Gasteiger partial charge in [-0.15, -0.1) is 0 Å². The molecule has 2 aromatic heterocycles. The van der Waals surface area contributed by atoms with Crippen molar-refractivity contribution in [1.82, 2.24) is 19.8 Å². The van der Waals surface area contributed by atoms with Crippen molar-refractivity contribution in [2.24, 2.45) is 24.1 Å². The van der Waals surface area contributed by atoms with Gasteiger partial charge >= 0.3 is 11.9 Å². The molecular formula is C34H36N8O4. The Hall–Kier alpha value is -5.78. The van der Waals surface area contributed by atoms with Crippen molar-refractivity contribution in [3.8, 4) is 22.5 Å². The van der Waals surface area contributed by atoms with Crippen LogP contribution >= 0.6 is 0 Å². The number of carbonyl (C=O) groups is 2. The number of aliphatic imine (C=N–C) groups is 2. The minimum absolute atomic E-state index is 0.213. The molecule has 2 aromatic carbocycles. The highest BCUT2D eigenvalue weighted by molar-refractivity contribution is 5.95. The summed E-state index contributed by atoms with van der Waals surface area (Å²) in [5.41, 5.74) is 5.02. The lowest BCUT2D eigenvalue weighted by Crippen LogP contribution is -2.37. The lowest BCUT2D eigenvalue weighted by atomic mass is 10.1. The number of anilines is 2. The molecule has 0 bridgehead atoms. The number of rotatable bonds is 12. The number of nitrogens with zero attached hydrogens (tertiary/aromatic N) is 6. The van der Waals surface area contributed by atoms with Crippen LogP contribution in [0.25, 0.3) is 22.5 Å². The van der Waals surface area contributed by atoms with Gasteiger partial charge in [-0.2, -0.15) is 10.1 Å². The first-order chi connectivity index (χ1) is 22.5. The van der Waals surface area contributed by atoms with Gasteiger partial charge in [-0.3, -0.25) is 9.98 Å². The summed E-state index contributed by atoms with van der Waals surface area (Å²) in [4.78, 5) is 47.0. The van der Waals surface area contributed by atoms with Crippen molar-refractivity contribution in [2.75, 3.05) is 49.4 Å². The Bertz CT molecular complexity index is 1670. The number of amidine groups is 2. The highest BCUT2D eigenvalue weighted by Crippen LogP contribution is 2.32. The quantitative estimate of drug-likeness (QED) is 0.183. The second-order valence-electron chi connectivity index (χ2n) is 10.8. The van der Waals surface area contributed by atoms with Crippen LogP contribution in [0.2, 0.25) is 0 Å². The van der Waals surface area contributed by atoms with Crippen molar-refractivity contribution in [3.05, 3.63) is 97.3 Å². The molecule has 0 spiro atoms. The third kappa shape index (κ3) is 6.96. The number of carbonyl (C=O) groups excluding carboxylic acids is 2. The minimum Gasteiger partial charge on any atom is -0.370 e. The molecule has 0 aliphatic carbocycles. The minimum atomic E-state index is -0.741. The molecule has 2 aliphatic rings. The number of benzene rings is 2. The Balaban J connectivity index is 1.21. The highest BCUT2D eigenvalue weighted by Gasteiger charge is 2.23. The molecule has 0 fully saturated rings. The van der Waals surface area contributed by atoms with Crippen molar-refractivity contribution < 1.29 is 19.3 Å². The van der Waals surface area contributed by atoms with Gasteiger partial charge in [0, 0.05) is 74.2 Å². The van der Waals surface area contributed by atoms with E-state index in [0.717, 1.165) is 34.7 Å². The first-order valence-electron chi connectivity index (χ1n) is 15.1. The normalized spacial score (nSPS) is 14.0. The molecule has 4 heterocycles. The predicted octanol–water partition coefficient (Wildman–Crippen LogP) is 3.49. The summed E-state index contributed by atoms with van der Waals surface area (Å²) in [6, 6.07) is 23.2. The molecule has 0 unspecified atom stereocenters. The van der Waals surface area contributed by atoms with Crippen LogP contribution in [-0.4, -0.2) is 72.0 Å². The number of nitrogens with one attached hydrogen (secondary N) is 2. The molecule has 2 aliphatic heterocycles. The monoisotopic (exact) mass is 620 g/mol. The van der Waals surface area contributed by atoms with Crippen LogP contribution in [0.3, 0.4) is 0 Å². The maximum absolute atomic E-state index is 13.2. The lowest BCUT2D eigenvalue weighted by Gasteiger charge is -2.25. The van der Waals surface area contributed by atoms with Crippen LogP contribution in [0.5, 0.6) is 0 Å². The van der Waals surface area contributed by atoms with E-state index in [4.69, 9.17) is 9.68 Å². The molecular weight excluding hydrogens is 584 g/mol. The van der Waals surface area contributed by atoms with Crippen LogP contribution in [0.1, 0.15) is 0 Å². The Kier molecular flexibility index (Phi) is 9.14. The lowest BCUT2D eigenvalue weighted by molar-refractivity contribution is -0.141. The average Bonchev–Trinajstić information content (AvgIpc) is 3.90. The van der Waals surface area contributed by atoms with Gasteiger partial charge in [0.2, 0.25) is 0 Å². The summed E-state index contributed by atoms with van der Waals surface area (Å²) in [6.45, 7) is 3.15. The second-order valence-corrected chi connectivity index (χ2v) is 10.8. The summed E-state index contributed by atoms with van der Waals surface area (Å²) in [5, 5.41) is 9.44. The van der Waals surface area contributed by atoms with E-state index in [-0.39, 0.29) is 13.1 Å². The molecule has 0 saturated carbocycles. The number of hydrogen-bond acceptors (Lipinski definition) is 10. The Morgan fingerprint density at radius 2 is 1.13 bits per heavy atom. The number of para-hydroxylation sites is 2. The van der Waals surface area contributed by atoms with Crippen LogP contribution in [0, 0.1) is 0 Å². The van der Waals surface area contributed by atoms with Crippen molar-refractivity contribution in [3.63, 3.8) is 0 Å². The first kappa shape index (κ1) is 30.3. The summed E-state index contributed by atoms with van der Waals surface area (Å²) in [7, 11) is 3.91. The van der Waals surface area contributed by atoms with E-state index in [2.05, 4.69) is 20.6 Å². The zero-order valence-corrected chi connectivity index (χ0v) is 25.8. The van der Waals surface area contributed by atoms with E-state index in [9.17, 15) is 9.59 Å². The molecule has 236 valence electrons. The number of hydrogen-bond donors (Lipinski definition) is 2. The third-order valence-electron chi connectivity index (χ3n) is 7.61. The van der Waals surface area contributed by atoms with Gasteiger partial charge in [0.25, 0.3) is 0 Å². The van der Waals surface area contributed by atoms with Crippen molar-refractivity contribution >= 4 is 35.0 Å². The first-order valence-corrected chi connectivity index (χ1v) is 15.1. The van der Waals surface area contributed by atoms with Crippen LogP contribution in [0.4, 0.5) is 11.4 Å². The fraction of sp³-hybridized carbons (Fsp3) is 0.235. The Morgan fingerprint density at radius 3 is 1.50 bits per heavy atom. The fourth-order valence-electron chi connectivity index (χ4n) is 5.42. The number of aryl methyl sites for hydroxylation is 2. The number of aromatic nitrogens is 2. The zero-order chi connectivity index (χ0) is 31.9. The SMILES string of the molecule is Cn1cccc1-c1ccccc1N(CC1=NCCN1)OC(=O)/C=C/C(=O)ON(CC1=NCCN1)c1ccccc1-c1cccn1C. The van der Waals surface area contributed by atoms with Gasteiger partial charge in [0.1, 0.15) is 24.8 Å². The van der Waals surface area contributed by atoms with Gasteiger partial charge in [0.05, 0.1) is 24.5 Å².